The Balaban J connectivity index is 2.10. The average molecular weight is 246 g/mol. The van der Waals surface area contributed by atoms with Crippen LogP contribution in [0.1, 0.15) is 13.3 Å². The molecule has 94 valence electrons. The number of rotatable bonds is 5. The van der Waals surface area contributed by atoms with E-state index >= 15 is 0 Å². The van der Waals surface area contributed by atoms with E-state index < -0.39 is 11.9 Å². The maximum atomic E-state index is 10.9. The van der Waals surface area contributed by atoms with Gasteiger partial charge in [-0.1, -0.05) is 6.92 Å². The van der Waals surface area contributed by atoms with E-state index in [9.17, 15) is 4.79 Å². The average Bonchev–Trinajstić information content (AvgIpc) is 2.39. The summed E-state index contributed by atoms with van der Waals surface area (Å²) in [5.41, 5.74) is 1.26. The lowest BCUT2D eigenvalue weighted by Crippen LogP contribution is -2.22. The molecule has 0 aliphatic rings. The van der Waals surface area contributed by atoms with Crippen LogP contribution in [0.4, 0.5) is 5.82 Å². The van der Waals surface area contributed by atoms with Gasteiger partial charge in [0.2, 0.25) is 0 Å². The maximum Gasteiger partial charge on any atom is 0.308 e. The van der Waals surface area contributed by atoms with Crippen molar-refractivity contribution in [3.8, 4) is 0 Å². The Hall–Kier alpha value is -2.24. The zero-order chi connectivity index (χ0) is 13.0. The molecule has 6 nitrogen and oxygen atoms in total. The van der Waals surface area contributed by atoms with Crippen LogP contribution < -0.4 is 5.32 Å². The number of aromatic nitrogens is 3. The number of carbonyl (C=O) groups is 1. The van der Waals surface area contributed by atoms with Crippen LogP contribution in [-0.4, -0.2) is 32.6 Å². The first kappa shape index (κ1) is 12.2. The van der Waals surface area contributed by atoms with Gasteiger partial charge in [-0.2, -0.15) is 0 Å². The molecule has 0 bridgehead atoms. The Morgan fingerprint density at radius 1 is 1.39 bits per heavy atom. The van der Waals surface area contributed by atoms with Crippen molar-refractivity contribution in [3.05, 3.63) is 24.5 Å². The van der Waals surface area contributed by atoms with Crippen molar-refractivity contribution >= 4 is 23.0 Å². The van der Waals surface area contributed by atoms with E-state index in [1.165, 1.54) is 0 Å². The van der Waals surface area contributed by atoms with Crippen molar-refractivity contribution in [2.75, 3.05) is 11.9 Å². The second kappa shape index (κ2) is 5.39. The molecule has 0 spiro atoms. The molecule has 0 saturated heterocycles. The van der Waals surface area contributed by atoms with Crippen LogP contribution in [-0.2, 0) is 4.79 Å². The molecule has 0 aliphatic carbocycles. The Bertz CT molecular complexity index is 559. The number of nitrogens with zero attached hydrogens (tertiary/aromatic N) is 3. The van der Waals surface area contributed by atoms with Crippen molar-refractivity contribution in [1.29, 1.82) is 0 Å². The molecule has 2 aromatic rings. The molecule has 2 heterocycles. The minimum atomic E-state index is -0.800. The molecular formula is C12H14N4O2. The molecule has 1 unspecified atom stereocenters. The summed E-state index contributed by atoms with van der Waals surface area (Å²) in [4.78, 5) is 23.4. The molecule has 0 amide bonds. The van der Waals surface area contributed by atoms with Gasteiger partial charge in [-0.05, 0) is 18.6 Å². The number of aliphatic carboxylic acids is 1. The van der Waals surface area contributed by atoms with E-state index in [1.54, 1.807) is 24.5 Å². The predicted molar refractivity (Wildman–Crippen MR) is 67.2 cm³/mol. The molecule has 0 saturated carbocycles. The Morgan fingerprint density at radius 2 is 2.17 bits per heavy atom. The lowest BCUT2D eigenvalue weighted by molar-refractivity contribution is -0.141. The minimum Gasteiger partial charge on any atom is -0.481 e. The number of anilines is 1. The van der Waals surface area contributed by atoms with Gasteiger partial charge >= 0.3 is 5.97 Å². The summed E-state index contributed by atoms with van der Waals surface area (Å²) in [6.45, 7) is 2.20. The van der Waals surface area contributed by atoms with E-state index in [0.29, 0.717) is 29.9 Å². The first-order valence-electron chi connectivity index (χ1n) is 5.75. The highest BCUT2D eigenvalue weighted by molar-refractivity contribution is 5.72. The van der Waals surface area contributed by atoms with Gasteiger partial charge in [-0.25, -0.2) is 9.97 Å². The van der Waals surface area contributed by atoms with Gasteiger partial charge in [0.05, 0.1) is 5.92 Å². The van der Waals surface area contributed by atoms with Gasteiger partial charge in [0.25, 0.3) is 0 Å². The van der Waals surface area contributed by atoms with Crippen molar-refractivity contribution in [1.82, 2.24) is 15.0 Å². The van der Waals surface area contributed by atoms with Crippen molar-refractivity contribution in [2.24, 2.45) is 5.92 Å². The Labute approximate surface area is 104 Å². The highest BCUT2D eigenvalue weighted by atomic mass is 16.4. The highest BCUT2D eigenvalue weighted by Gasteiger charge is 2.14. The Morgan fingerprint density at radius 3 is 2.89 bits per heavy atom. The lowest BCUT2D eigenvalue weighted by Gasteiger charge is -2.11. The molecule has 0 aromatic carbocycles. The van der Waals surface area contributed by atoms with Crippen molar-refractivity contribution in [2.45, 2.75) is 13.3 Å². The van der Waals surface area contributed by atoms with E-state index in [-0.39, 0.29) is 0 Å². The lowest BCUT2D eigenvalue weighted by atomic mass is 10.1. The topological polar surface area (TPSA) is 88.0 Å². The second-order valence-corrected chi connectivity index (χ2v) is 3.92. The van der Waals surface area contributed by atoms with Crippen molar-refractivity contribution < 1.29 is 9.90 Å². The molecule has 2 N–H and O–H groups in total. The molecule has 2 aromatic heterocycles. The van der Waals surface area contributed by atoms with Gasteiger partial charge in [-0.3, -0.25) is 9.78 Å². The highest BCUT2D eigenvalue weighted by Crippen LogP contribution is 2.11. The van der Waals surface area contributed by atoms with Crippen LogP contribution >= 0.6 is 0 Å². The third-order valence-electron chi connectivity index (χ3n) is 2.70. The first-order valence-corrected chi connectivity index (χ1v) is 5.75. The summed E-state index contributed by atoms with van der Waals surface area (Å²) in [6.07, 6.45) is 3.76. The van der Waals surface area contributed by atoms with Crippen LogP contribution in [0.5, 0.6) is 0 Å². The van der Waals surface area contributed by atoms with E-state index in [0.717, 1.165) is 0 Å². The number of fused-ring (bicyclic) bond motifs is 1. The smallest absolute Gasteiger partial charge is 0.308 e. The number of carboxylic acids is 1. The fourth-order valence-electron chi connectivity index (χ4n) is 1.59. The molecule has 1 atom stereocenters. The summed E-state index contributed by atoms with van der Waals surface area (Å²) in [6, 6.07) is 3.57. The molecule has 0 radical (unpaired) electrons. The summed E-state index contributed by atoms with van der Waals surface area (Å²) in [7, 11) is 0. The summed E-state index contributed by atoms with van der Waals surface area (Å²) in [5.74, 6) is -0.599. The zero-order valence-electron chi connectivity index (χ0n) is 10.00. The molecule has 18 heavy (non-hydrogen) atoms. The van der Waals surface area contributed by atoms with E-state index in [4.69, 9.17) is 5.11 Å². The number of hydrogen-bond donors (Lipinski definition) is 2. The Kier molecular flexibility index (Phi) is 3.66. The van der Waals surface area contributed by atoms with E-state index in [1.807, 2.05) is 6.92 Å². The van der Waals surface area contributed by atoms with Crippen LogP contribution in [0.25, 0.3) is 11.2 Å². The van der Waals surface area contributed by atoms with Gasteiger partial charge < -0.3 is 10.4 Å². The number of pyridine rings is 1. The fraction of sp³-hybridized carbons (Fsp3) is 0.333. The number of carboxylic acid groups (broad SMARTS) is 1. The third kappa shape index (κ3) is 2.71. The molecular weight excluding hydrogens is 232 g/mol. The molecule has 2 rings (SSSR count). The van der Waals surface area contributed by atoms with Gasteiger partial charge in [0, 0.05) is 18.9 Å². The zero-order valence-corrected chi connectivity index (χ0v) is 10.00. The molecule has 0 fully saturated rings. The maximum absolute atomic E-state index is 10.9. The monoisotopic (exact) mass is 246 g/mol. The van der Waals surface area contributed by atoms with Crippen LogP contribution in [0.15, 0.2) is 24.5 Å². The van der Waals surface area contributed by atoms with Crippen LogP contribution in [0.2, 0.25) is 0 Å². The van der Waals surface area contributed by atoms with E-state index in [2.05, 4.69) is 20.3 Å². The minimum absolute atomic E-state index is 0.352. The van der Waals surface area contributed by atoms with Gasteiger partial charge in [0.15, 0.2) is 5.65 Å². The normalized spacial score (nSPS) is 12.3. The predicted octanol–water partition coefficient (Wildman–Crippen LogP) is 1.55. The van der Waals surface area contributed by atoms with Gasteiger partial charge in [-0.15, -0.1) is 0 Å². The summed E-state index contributed by atoms with van der Waals surface area (Å²) < 4.78 is 0. The SMILES string of the molecule is CCC(CNc1ccc2nccnc2n1)C(=O)O. The standard InChI is InChI=1S/C12H14N4O2/c1-2-8(12(17)18)7-15-10-4-3-9-11(16-10)14-6-5-13-9/h3-6,8H,2,7H2,1H3,(H,17,18)(H,14,15,16). The summed E-state index contributed by atoms with van der Waals surface area (Å²) in [5, 5.41) is 11.9. The van der Waals surface area contributed by atoms with Crippen LogP contribution in [0.3, 0.4) is 0 Å². The summed E-state index contributed by atoms with van der Waals surface area (Å²) >= 11 is 0. The molecule has 0 aliphatic heterocycles. The first-order chi connectivity index (χ1) is 8.70. The fourth-order valence-corrected chi connectivity index (χ4v) is 1.59. The van der Waals surface area contributed by atoms with Crippen molar-refractivity contribution in [3.63, 3.8) is 0 Å². The van der Waals surface area contributed by atoms with Gasteiger partial charge in [0.1, 0.15) is 11.3 Å². The largest absolute Gasteiger partial charge is 0.481 e. The number of hydrogen-bond acceptors (Lipinski definition) is 5. The molecule has 6 heteroatoms. The van der Waals surface area contributed by atoms with Crippen LogP contribution in [0, 0.1) is 5.92 Å². The number of nitrogens with one attached hydrogen (secondary N) is 1. The second-order valence-electron chi connectivity index (χ2n) is 3.92. The third-order valence-corrected chi connectivity index (χ3v) is 2.70. The quantitative estimate of drug-likeness (QED) is 0.832.